The number of hydrogen-bond donors (Lipinski definition) is 1. The van der Waals surface area contributed by atoms with E-state index in [0.717, 1.165) is 34.0 Å². The molecule has 1 aromatic rings. The van der Waals surface area contributed by atoms with E-state index in [9.17, 15) is 9.90 Å². The summed E-state index contributed by atoms with van der Waals surface area (Å²) in [6.07, 6.45) is 1.53. The van der Waals surface area contributed by atoms with Crippen molar-refractivity contribution in [2.24, 2.45) is 0 Å². The van der Waals surface area contributed by atoms with Gasteiger partial charge in [0.15, 0.2) is 0 Å². The summed E-state index contributed by atoms with van der Waals surface area (Å²) in [5, 5.41) is 9.20. The van der Waals surface area contributed by atoms with Crippen molar-refractivity contribution in [3.05, 3.63) is 33.3 Å². The van der Waals surface area contributed by atoms with Gasteiger partial charge in [-0.15, -0.1) is 0 Å². The van der Waals surface area contributed by atoms with Crippen molar-refractivity contribution < 1.29 is 9.90 Å². The van der Waals surface area contributed by atoms with Crippen molar-refractivity contribution in [1.29, 1.82) is 0 Å². The van der Waals surface area contributed by atoms with Gasteiger partial charge in [-0.25, -0.2) is 0 Å². The third-order valence-electron chi connectivity index (χ3n) is 3.15. The van der Waals surface area contributed by atoms with E-state index in [1.807, 2.05) is 26.0 Å². The normalized spacial score (nSPS) is 17.5. The molecule has 0 bridgehead atoms. The first-order chi connectivity index (χ1) is 6.97. The molecule has 80 valence electrons. The Morgan fingerprint density at radius 2 is 1.80 bits per heavy atom. The summed E-state index contributed by atoms with van der Waals surface area (Å²) in [5.74, 6) is -0.691. The minimum Gasteiger partial charge on any atom is -0.481 e. The van der Waals surface area contributed by atoms with Crippen LogP contribution >= 0.6 is 15.9 Å². The Morgan fingerprint density at radius 3 is 2.13 bits per heavy atom. The lowest BCUT2D eigenvalue weighted by molar-refractivity contribution is -0.140. The first kappa shape index (κ1) is 10.7. The average molecular weight is 269 g/mol. The van der Waals surface area contributed by atoms with Crippen molar-refractivity contribution in [2.75, 3.05) is 0 Å². The quantitative estimate of drug-likeness (QED) is 0.895. The molecular weight excluding hydrogens is 256 g/mol. The van der Waals surface area contributed by atoms with Crippen LogP contribution in [0.25, 0.3) is 0 Å². The number of aliphatic carboxylic acids is 1. The van der Waals surface area contributed by atoms with Crippen LogP contribution in [0.1, 0.15) is 29.5 Å². The number of carbonyl (C=O) groups is 1. The fourth-order valence-corrected chi connectivity index (χ4v) is 2.20. The molecule has 0 aromatic heterocycles. The van der Waals surface area contributed by atoms with Crippen LogP contribution in [0, 0.1) is 13.8 Å². The van der Waals surface area contributed by atoms with Crippen LogP contribution in [-0.2, 0) is 10.2 Å². The lowest BCUT2D eigenvalue weighted by atomic mass is 9.93. The van der Waals surface area contributed by atoms with E-state index in [1.165, 1.54) is 0 Å². The van der Waals surface area contributed by atoms with Gasteiger partial charge in [-0.05, 0) is 43.4 Å². The highest BCUT2D eigenvalue weighted by Gasteiger charge is 2.51. The smallest absolute Gasteiger partial charge is 0.314 e. The third kappa shape index (κ3) is 1.59. The molecule has 0 atom stereocenters. The van der Waals surface area contributed by atoms with Gasteiger partial charge in [-0.1, -0.05) is 28.1 Å². The zero-order chi connectivity index (χ0) is 11.2. The zero-order valence-electron chi connectivity index (χ0n) is 8.80. The zero-order valence-corrected chi connectivity index (χ0v) is 10.4. The second kappa shape index (κ2) is 3.34. The van der Waals surface area contributed by atoms with Gasteiger partial charge in [0.25, 0.3) is 0 Å². The van der Waals surface area contributed by atoms with Crippen LogP contribution in [0.4, 0.5) is 0 Å². The first-order valence-corrected chi connectivity index (χ1v) is 5.77. The summed E-state index contributed by atoms with van der Waals surface area (Å²) in [6, 6.07) is 3.97. The highest BCUT2D eigenvalue weighted by Crippen LogP contribution is 2.49. The Labute approximate surface area is 97.4 Å². The minimum atomic E-state index is -0.691. The molecule has 2 rings (SSSR count). The van der Waals surface area contributed by atoms with Gasteiger partial charge in [0, 0.05) is 4.47 Å². The predicted octanol–water partition coefficient (Wildman–Crippen LogP) is 3.18. The van der Waals surface area contributed by atoms with Crippen LogP contribution in [0.2, 0.25) is 0 Å². The molecule has 2 nitrogen and oxygen atoms in total. The summed E-state index contributed by atoms with van der Waals surface area (Å²) >= 11 is 3.49. The number of aryl methyl sites for hydroxylation is 2. The Bertz CT molecular complexity index is 410. The van der Waals surface area contributed by atoms with E-state index in [0.29, 0.717) is 0 Å². The molecule has 1 aliphatic rings. The van der Waals surface area contributed by atoms with E-state index >= 15 is 0 Å². The number of rotatable bonds is 2. The Balaban J connectivity index is 2.51. The van der Waals surface area contributed by atoms with Crippen LogP contribution in [0.3, 0.4) is 0 Å². The molecule has 0 heterocycles. The minimum absolute atomic E-state index is 0.587. The molecule has 0 saturated heterocycles. The molecule has 0 radical (unpaired) electrons. The number of hydrogen-bond acceptors (Lipinski definition) is 1. The van der Waals surface area contributed by atoms with Crippen LogP contribution < -0.4 is 0 Å². The summed E-state index contributed by atoms with van der Waals surface area (Å²) in [4.78, 5) is 11.2. The largest absolute Gasteiger partial charge is 0.481 e. The lowest BCUT2D eigenvalue weighted by Crippen LogP contribution is -2.19. The Kier molecular flexibility index (Phi) is 2.38. The van der Waals surface area contributed by atoms with Gasteiger partial charge in [-0.3, -0.25) is 4.79 Å². The molecule has 1 aromatic carbocycles. The summed E-state index contributed by atoms with van der Waals surface area (Å²) < 4.78 is 1.08. The molecule has 3 heteroatoms. The third-order valence-corrected chi connectivity index (χ3v) is 4.40. The maximum atomic E-state index is 11.2. The second-order valence-electron chi connectivity index (χ2n) is 4.31. The first-order valence-electron chi connectivity index (χ1n) is 4.98. The van der Waals surface area contributed by atoms with E-state index < -0.39 is 11.4 Å². The Hall–Kier alpha value is -0.830. The van der Waals surface area contributed by atoms with Crippen molar-refractivity contribution in [3.63, 3.8) is 0 Å². The van der Waals surface area contributed by atoms with Crippen molar-refractivity contribution in [1.82, 2.24) is 0 Å². The molecule has 1 fully saturated rings. The molecule has 1 aliphatic carbocycles. The molecule has 0 spiro atoms. The average Bonchev–Trinajstić information content (AvgIpc) is 2.93. The summed E-state index contributed by atoms with van der Waals surface area (Å²) in [7, 11) is 0. The molecule has 0 amide bonds. The van der Waals surface area contributed by atoms with E-state index in [4.69, 9.17) is 0 Å². The maximum Gasteiger partial charge on any atom is 0.314 e. The lowest BCUT2D eigenvalue weighted by Gasteiger charge is -2.13. The second-order valence-corrected chi connectivity index (χ2v) is 5.10. The van der Waals surface area contributed by atoms with Crippen molar-refractivity contribution in [3.8, 4) is 0 Å². The summed E-state index contributed by atoms with van der Waals surface area (Å²) in [6.45, 7) is 4.00. The van der Waals surface area contributed by atoms with Gasteiger partial charge < -0.3 is 5.11 Å². The highest BCUT2D eigenvalue weighted by molar-refractivity contribution is 9.10. The molecule has 15 heavy (non-hydrogen) atoms. The fourth-order valence-electron chi connectivity index (χ4n) is 1.97. The van der Waals surface area contributed by atoms with E-state index in [2.05, 4.69) is 15.9 Å². The van der Waals surface area contributed by atoms with Crippen molar-refractivity contribution >= 4 is 21.9 Å². The predicted molar refractivity (Wildman–Crippen MR) is 62.2 cm³/mol. The standard InChI is InChI=1S/C12H13BrO2/c1-7-5-9(6-8(2)10(7)13)12(3-4-12)11(14)15/h5-6H,3-4H2,1-2H3,(H,14,15). The van der Waals surface area contributed by atoms with Crippen LogP contribution in [0.15, 0.2) is 16.6 Å². The maximum absolute atomic E-state index is 11.2. The number of carboxylic acids is 1. The fraction of sp³-hybridized carbons (Fsp3) is 0.417. The van der Waals surface area contributed by atoms with Crippen LogP contribution in [-0.4, -0.2) is 11.1 Å². The molecule has 1 N–H and O–H groups in total. The van der Waals surface area contributed by atoms with Gasteiger partial charge in [0.05, 0.1) is 5.41 Å². The SMILES string of the molecule is Cc1cc(C2(C(=O)O)CC2)cc(C)c1Br. The summed E-state index contributed by atoms with van der Waals surface area (Å²) in [5.41, 5.74) is 2.58. The number of carboxylic acid groups (broad SMARTS) is 1. The van der Waals surface area contributed by atoms with Gasteiger partial charge in [-0.2, -0.15) is 0 Å². The Morgan fingerprint density at radius 1 is 1.33 bits per heavy atom. The monoisotopic (exact) mass is 268 g/mol. The van der Waals surface area contributed by atoms with Gasteiger partial charge in [0.1, 0.15) is 0 Å². The van der Waals surface area contributed by atoms with E-state index in [1.54, 1.807) is 0 Å². The van der Waals surface area contributed by atoms with Crippen LogP contribution in [0.5, 0.6) is 0 Å². The highest BCUT2D eigenvalue weighted by atomic mass is 79.9. The van der Waals surface area contributed by atoms with Gasteiger partial charge in [0.2, 0.25) is 0 Å². The number of benzene rings is 1. The molecular formula is C12H13BrO2. The molecule has 0 aliphatic heterocycles. The molecule has 0 unspecified atom stereocenters. The van der Waals surface area contributed by atoms with Gasteiger partial charge >= 0.3 is 5.97 Å². The van der Waals surface area contributed by atoms with Crippen molar-refractivity contribution in [2.45, 2.75) is 32.1 Å². The molecule has 1 saturated carbocycles. The van der Waals surface area contributed by atoms with E-state index in [-0.39, 0.29) is 0 Å². The number of halogens is 1. The topological polar surface area (TPSA) is 37.3 Å².